The van der Waals surface area contributed by atoms with Gasteiger partial charge >= 0.3 is 0 Å². The van der Waals surface area contributed by atoms with Gasteiger partial charge in [-0.25, -0.2) is 0 Å². The van der Waals surface area contributed by atoms with Gasteiger partial charge in [-0.2, -0.15) is 0 Å². The van der Waals surface area contributed by atoms with Gasteiger partial charge in [0.1, 0.15) is 0 Å². The predicted octanol–water partition coefficient (Wildman–Crippen LogP) is 34.3. The molecule has 0 heterocycles. The molecule has 0 bridgehead atoms. The molecule has 0 aliphatic carbocycles. The normalized spacial score (nSPS) is 10.1. The minimum absolute atomic E-state index is 1.26. The van der Waals surface area contributed by atoms with E-state index in [4.69, 9.17) is 0 Å². The molecule has 0 aliphatic rings. The van der Waals surface area contributed by atoms with Gasteiger partial charge in [0, 0.05) is 0 Å². The van der Waals surface area contributed by atoms with Crippen molar-refractivity contribution >= 4 is 0 Å². The largest absolute Gasteiger partial charge is 0.0622 e. The van der Waals surface area contributed by atoms with Crippen LogP contribution in [0.3, 0.4) is 0 Å². The number of hydrogen-bond acceptors (Lipinski definition) is 0. The lowest BCUT2D eigenvalue weighted by Crippen LogP contribution is -1.86. The Bertz CT molecular complexity index is 6170. The maximum atomic E-state index is 2.28. The quantitative estimate of drug-likeness (QED) is 0.121. The zero-order chi connectivity index (χ0) is 84.7. The Morgan fingerprint density at radius 1 is 0.0902 bits per heavy atom. The highest BCUT2D eigenvalue weighted by molar-refractivity contribution is 5.84. The maximum Gasteiger partial charge on any atom is -0.0103 e. The average molecular weight is 1570 g/mol. The van der Waals surface area contributed by atoms with Crippen LogP contribution in [0.2, 0.25) is 0 Å². The van der Waals surface area contributed by atoms with E-state index in [9.17, 15) is 0 Å². The fourth-order valence-corrected chi connectivity index (χ4v) is 14.3. The maximum absolute atomic E-state index is 2.28. The molecule has 0 N–H and O–H groups in total. The van der Waals surface area contributed by atoms with E-state index in [1.807, 2.05) is 42.5 Å². The molecule has 19 aromatic carbocycles. The van der Waals surface area contributed by atoms with Gasteiger partial charge in [0.15, 0.2) is 0 Å². The van der Waals surface area contributed by atoms with Crippen molar-refractivity contribution in [1.82, 2.24) is 0 Å². The molecule has 0 nitrogen and oxygen atoms in total. The van der Waals surface area contributed by atoms with Crippen LogP contribution in [0.1, 0.15) is 44.5 Å². The number of hydrogen-bond donors (Lipinski definition) is 0. The van der Waals surface area contributed by atoms with Gasteiger partial charge in [-0.05, 0) is 213 Å². The van der Waals surface area contributed by atoms with E-state index in [0.717, 1.165) is 0 Å². The van der Waals surface area contributed by atoms with Crippen LogP contribution >= 0.6 is 0 Å². The summed E-state index contributed by atoms with van der Waals surface area (Å²) in [5.41, 5.74) is 38.6. The van der Waals surface area contributed by atoms with Crippen molar-refractivity contribution < 1.29 is 0 Å². The summed E-state index contributed by atoms with van der Waals surface area (Å²) < 4.78 is 0. The SMILES string of the molecule is Cc1cc(-c2ccccc2)cc(-c2ccccc2)c1.Cc1ccc(-c2ccccc2)c(-c2ccccc2)c1.Cc1ccc(-c2ccccc2)cc1.Cc1ccc(-c2ccccc2)cc1-c1ccccc1.Cc1cccc(-c2cccc(-c3ccccc3)c2)c1.Cc1cccc(-c2ccccc2)c1.Cc1ccccc1.Cc1ccccc1-c1ccccc1. The van der Waals surface area contributed by atoms with Crippen molar-refractivity contribution in [2.75, 3.05) is 0 Å². The summed E-state index contributed by atoms with van der Waals surface area (Å²) in [5, 5.41) is 0. The van der Waals surface area contributed by atoms with Crippen LogP contribution in [0.25, 0.3) is 122 Å². The van der Waals surface area contributed by atoms with Crippen LogP contribution in [-0.4, -0.2) is 0 Å². The lowest BCUT2D eigenvalue weighted by atomic mass is 9.93. The third kappa shape index (κ3) is 26.9. The molecule has 0 atom stereocenters. The monoisotopic (exact) mass is 1570 g/mol. The molecular formula is C122H108. The molecule has 0 saturated heterocycles. The second-order valence-corrected chi connectivity index (χ2v) is 30.5. The fourth-order valence-electron chi connectivity index (χ4n) is 14.3. The molecule has 0 unspecified atom stereocenters. The van der Waals surface area contributed by atoms with Gasteiger partial charge in [0.25, 0.3) is 0 Å². The first kappa shape index (κ1) is 86.5. The Kier molecular flexibility index (Phi) is 32.9. The zero-order valence-electron chi connectivity index (χ0n) is 71.5. The summed E-state index contributed by atoms with van der Waals surface area (Å²) in [5.74, 6) is 0. The molecule has 0 radical (unpaired) electrons. The standard InChI is InChI=1S/4C19H16.3C13H12.C7H8/c1-15-12-18(16-8-4-2-5-9-16)14-19(13-15)17-10-6-3-7-11-17;1-15-12-13-18(16-8-4-2-5-9-16)14-19(15)17-10-6-3-7-11-17;1-15-12-13-18(16-8-4-2-5-9-16)19(14-15)17-10-6-3-7-11-17;1-15-7-5-10-17(13-15)19-12-6-11-18(14-19)16-8-3-2-4-9-16;1-11-7-5-6-10-13(11)12-8-3-2-4-9-12;1-11-6-5-9-13(10-11)12-7-3-2-4-8-12;1-11-7-9-13(10-8-11)12-5-3-2-4-6-12;1-7-5-3-2-4-6-7/h4*2-14H,1H3;3*2-10H,1H3;2-6H,1H3. The topological polar surface area (TPSA) is 0 Å². The minimum atomic E-state index is 1.26. The molecule has 0 amide bonds. The lowest BCUT2D eigenvalue weighted by molar-refractivity contribution is 1.45. The van der Waals surface area contributed by atoms with Crippen molar-refractivity contribution in [2.45, 2.75) is 55.4 Å². The molecule has 0 heteroatoms. The van der Waals surface area contributed by atoms with E-state index < -0.39 is 0 Å². The summed E-state index contributed by atoms with van der Waals surface area (Å²) in [4.78, 5) is 0. The molecule has 0 fully saturated rings. The molecule has 0 aliphatic heterocycles. The summed E-state index contributed by atoms with van der Waals surface area (Å²) in [7, 11) is 0. The summed E-state index contributed by atoms with van der Waals surface area (Å²) >= 11 is 0. The van der Waals surface area contributed by atoms with Crippen molar-refractivity contribution in [3.05, 3.63) is 554 Å². The van der Waals surface area contributed by atoms with Crippen LogP contribution in [0.15, 0.2) is 510 Å². The molecule has 0 aromatic heterocycles. The molecular weight excluding hydrogens is 1470 g/mol. The smallest absolute Gasteiger partial charge is 0.0103 e. The minimum Gasteiger partial charge on any atom is -0.0622 e. The van der Waals surface area contributed by atoms with E-state index in [1.165, 1.54) is 167 Å². The van der Waals surface area contributed by atoms with Crippen LogP contribution in [0, 0.1) is 55.4 Å². The Morgan fingerprint density at radius 3 is 0.697 bits per heavy atom. The van der Waals surface area contributed by atoms with Gasteiger partial charge in [0.05, 0.1) is 0 Å². The lowest BCUT2D eigenvalue weighted by Gasteiger charge is -2.11. The molecule has 0 spiro atoms. The number of aryl methyl sites for hydroxylation is 8. The Morgan fingerprint density at radius 2 is 0.311 bits per heavy atom. The highest BCUT2D eigenvalue weighted by Gasteiger charge is 2.10. The number of rotatable bonds is 11. The summed E-state index contributed by atoms with van der Waals surface area (Å²) in [6.45, 7) is 17.0. The molecule has 596 valence electrons. The third-order valence-electron chi connectivity index (χ3n) is 20.8. The Hall–Kier alpha value is -14.8. The third-order valence-corrected chi connectivity index (χ3v) is 20.8. The van der Waals surface area contributed by atoms with Gasteiger partial charge in [-0.15, -0.1) is 0 Å². The second kappa shape index (κ2) is 46.4. The van der Waals surface area contributed by atoms with Crippen LogP contribution in [0.5, 0.6) is 0 Å². The van der Waals surface area contributed by atoms with Crippen LogP contribution in [-0.2, 0) is 0 Å². The van der Waals surface area contributed by atoms with Gasteiger partial charge in [0.2, 0.25) is 0 Å². The molecule has 19 rings (SSSR count). The highest BCUT2D eigenvalue weighted by Crippen LogP contribution is 2.35. The van der Waals surface area contributed by atoms with E-state index in [-0.39, 0.29) is 0 Å². The first-order valence-corrected chi connectivity index (χ1v) is 42.1. The van der Waals surface area contributed by atoms with Crippen molar-refractivity contribution in [1.29, 1.82) is 0 Å². The zero-order valence-corrected chi connectivity index (χ0v) is 71.5. The predicted molar refractivity (Wildman–Crippen MR) is 529 cm³/mol. The van der Waals surface area contributed by atoms with E-state index in [1.54, 1.807) is 0 Å². The van der Waals surface area contributed by atoms with Crippen molar-refractivity contribution in [2.24, 2.45) is 0 Å². The van der Waals surface area contributed by atoms with E-state index in [2.05, 4.69) is 523 Å². The average Bonchev–Trinajstić information content (AvgIpc) is 0.811. The summed E-state index contributed by atoms with van der Waals surface area (Å²) in [6.07, 6.45) is 0. The van der Waals surface area contributed by atoms with Gasteiger partial charge < -0.3 is 0 Å². The van der Waals surface area contributed by atoms with E-state index >= 15 is 0 Å². The molecule has 122 heavy (non-hydrogen) atoms. The first-order valence-electron chi connectivity index (χ1n) is 42.1. The van der Waals surface area contributed by atoms with E-state index in [0.29, 0.717) is 0 Å². The first-order chi connectivity index (χ1) is 59.8. The highest BCUT2D eigenvalue weighted by atomic mass is 14.1. The Balaban J connectivity index is 0.000000129. The second-order valence-electron chi connectivity index (χ2n) is 30.5. The van der Waals surface area contributed by atoms with Gasteiger partial charge in [-0.1, -0.05) is 519 Å². The van der Waals surface area contributed by atoms with Crippen molar-refractivity contribution in [3.63, 3.8) is 0 Å². The molecule has 0 saturated carbocycles. The van der Waals surface area contributed by atoms with Crippen molar-refractivity contribution in [3.8, 4) is 122 Å². The summed E-state index contributed by atoms with van der Waals surface area (Å²) in [6, 6.07) is 178. The number of benzene rings is 19. The fraction of sp³-hybridized carbons (Fsp3) is 0.0656. The van der Waals surface area contributed by atoms with Gasteiger partial charge in [-0.3, -0.25) is 0 Å². The Labute approximate surface area is 726 Å². The molecule has 19 aromatic rings. The van der Waals surface area contributed by atoms with Crippen LogP contribution < -0.4 is 0 Å². The van der Waals surface area contributed by atoms with Crippen LogP contribution in [0.4, 0.5) is 0 Å².